The van der Waals surface area contributed by atoms with Crippen LogP contribution in [0.2, 0.25) is 0 Å². The van der Waals surface area contributed by atoms with Gasteiger partial charge in [0.05, 0.1) is 5.69 Å². The quantitative estimate of drug-likeness (QED) is 0.409. The van der Waals surface area contributed by atoms with Gasteiger partial charge in [-0.3, -0.25) is 19.8 Å². The minimum absolute atomic E-state index is 0.0982. The Hall–Kier alpha value is -1.95. The summed E-state index contributed by atoms with van der Waals surface area (Å²) in [5.74, 6) is 0.768. The highest BCUT2D eigenvalue weighted by Gasteiger charge is 2.27. The van der Waals surface area contributed by atoms with E-state index in [0.717, 1.165) is 14.6 Å². The van der Waals surface area contributed by atoms with Crippen LogP contribution in [0.4, 0.5) is 10.8 Å². The molecule has 1 N–H and O–H groups in total. The van der Waals surface area contributed by atoms with Gasteiger partial charge in [0.1, 0.15) is 12.3 Å². The zero-order chi connectivity index (χ0) is 19.5. The van der Waals surface area contributed by atoms with Gasteiger partial charge in [-0.15, -0.1) is 21.5 Å². The topological polar surface area (TPSA) is 84.4 Å². The zero-order valence-electron chi connectivity index (χ0n) is 14.3. The normalized spacial score (nSPS) is 13.2. The van der Waals surface area contributed by atoms with E-state index in [2.05, 4.69) is 37.5 Å². The van der Waals surface area contributed by atoms with E-state index in [1.54, 1.807) is 41.3 Å². The lowest BCUT2D eigenvalue weighted by atomic mass is 10.2. The Morgan fingerprint density at radius 3 is 3.07 bits per heavy atom. The molecule has 0 saturated heterocycles. The molecule has 0 bridgehead atoms. The minimum Gasteiger partial charge on any atom is -0.482 e. The number of amides is 2. The van der Waals surface area contributed by atoms with E-state index in [-0.39, 0.29) is 25.0 Å². The number of carbonyl (C=O) groups excluding carboxylic acids is 2. The predicted molar refractivity (Wildman–Crippen MR) is 114 cm³/mol. The van der Waals surface area contributed by atoms with Gasteiger partial charge < -0.3 is 4.74 Å². The average molecular weight is 497 g/mol. The second-order valence-corrected chi connectivity index (χ2v) is 9.82. The summed E-state index contributed by atoms with van der Waals surface area (Å²) in [6.07, 6.45) is 0. The van der Waals surface area contributed by atoms with Crippen LogP contribution in [0.15, 0.2) is 44.5 Å². The van der Waals surface area contributed by atoms with Crippen molar-refractivity contribution in [3.8, 4) is 5.75 Å². The second-order valence-electron chi connectivity index (χ2n) is 5.67. The summed E-state index contributed by atoms with van der Waals surface area (Å²) in [4.78, 5) is 27.3. The van der Waals surface area contributed by atoms with E-state index in [1.165, 1.54) is 21.1 Å². The van der Waals surface area contributed by atoms with Crippen LogP contribution in [0.1, 0.15) is 4.88 Å². The Morgan fingerprint density at radius 1 is 1.36 bits per heavy atom. The third-order valence-corrected chi connectivity index (χ3v) is 7.31. The maximum absolute atomic E-state index is 12.4. The van der Waals surface area contributed by atoms with Crippen molar-refractivity contribution in [2.45, 2.75) is 10.1 Å². The van der Waals surface area contributed by atoms with Crippen molar-refractivity contribution in [2.24, 2.45) is 0 Å². The molecule has 3 aromatic rings. The van der Waals surface area contributed by atoms with Crippen molar-refractivity contribution in [3.05, 3.63) is 45.1 Å². The molecule has 144 valence electrons. The summed E-state index contributed by atoms with van der Waals surface area (Å²) in [6, 6.07) is 9.39. The first kappa shape index (κ1) is 19.4. The maximum Gasteiger partial charge on any atom is 0.265 e. The highest BCUT2D eigenvalue weighted by molar-refractivity contribution is 9.10. The van der Waals surface area contributed by atoms with Gasteiger partial charge in [0.15, 0.2) is 10.9 Å². The van der Waals surface area contributed by atoms with Crippen LogP contribution in [-0.2, 0) is 15.3 Å². The molecule has 0 radical (unpaired) electrons. The number of hydrogen-bond acceptors (Lipinski definition) is 8. The fourth-order valence-corrected chi connectivity index (χ4v) is 5.38. The SMILES string of the molecule is O=C(CN1C(=O)COc2cc(Br)ccc21)Nc1nnc(SCc2cccs2)s1. The number of hydrogen-bond donors (Lipinski definition) is 1. The van der Waals surface area contributed by atoms with E-state index in [9.17, 15) is 9.59 Å². The molecule has 7 nitrogen and oxygen atoms in total. The number of anilines is 2. The number of halogens is 1. The molecule has 1 aliphatic heterocycles. The van der Waals surface area contributed by atoms with Crippen LogP contribution >= 0.6 is 50.4 Å². The Balaban J connectivity index is 1.38. The lowest BCUT2D eigenvalue weighted by Gasteiger charge is -2.28. The molecule has 28 heavy (non-hydrogen) atoms. The molecule has 11 heteroatoms. The number of thiophene rings is 1. The molecule has 1 aliphatic rings. The molecular weight excluding hydrogens is 484 g/mol. The predicted octanol–water partition coefficient (Wildman–Crippen LogP) is 4.02. The summed E-state index contributed by atoms with van der Waals surface area (Å²) in [7, 11) is 0. The minimum atomic E-state index is -0.338. The Bertz CT molecular complexity index is 1010. The number of ether oxygens (including phenoxy) is 1. The maximum atomic E-state index is 12.4. The van der Waals surface area contributed by atoms with Crippen molar-refractivity contribution in [3.63, 3.8) is 0 Å². The summed E-state index contributed by atoms with van der Waals surface area (Å²) >= 11 is 7.95. The van der Waals surface area contributed by atoms with Crippen LogP contribution in [-0.4, -0.2) is 35.2 Å². The van der Waals surface area contributed by atoms with Gasteiger partial charge in [-0.2, -0.15) is 0 Å². The molecule has 2 amide bonds. The summed E-state index contributed by atoms with van der Waals surface area (Å²) in [5, 5.41) is 13.3. The van der Waals surface area contributed by atoms with Crippen LogP contribution in [0, 0.1) is 0 Å². The summed E-state index contributed by atoms with van der Waals surface area (Å²) < 4.78 is 7.05. The first-order chi connectivity index (χ1) is 13.6. The van der Waals surface area contributed by atoms with Gasteiger partial charge >= 0.3 is 0 Å². The zero-order valence-corrected chi connectivity index (χ0v) is 18.3. The molecule has 2 aromatic heterocycles. The monoisotopic (exact) mass is 496 g/mol. The first-order valence-corrected chi connectivity index (χ1v) is 11.6. The highest BCUT2D eigenvalue weighted by Crippen LogP contribution is 2.34. The van der Waals surface area contributed by atoms with Gasteiger partial charge in [0.25, 0.3) is 5.91 Å². The molecule has 0 aliphatic carbocycles. The number of nitrogens with one attached hydrogen (secondary N) is 1. The largest absolute Gasteiger partial charge is 0.482 e. The number of fused-ring (bicyclic) bond motifs is 1. The lowest BCUT2D eigenvalue weighted by Crippen LogP contribution is -2.43. The molecule has 3 heterocycles. The van der Waals surface area contributed by atoms with Gasteiger partial charge in [0, 0.05) is 15.1 Å². The average Bonchev–Trinajstić information content (AvgIpc) is 3.34. The Kier molecular flexibility index (Phi) is 5.95. The number of carbonyl (C=O) groups is 2. The fraction of sp³-hybridized carbons (Fsp3) is 0.176. The van der Waals surface area contributed by atoms with Crippen LogP contribution in [0.3, 0.4) is 0 Å². The van der Waals surface area contributed by atoms with Crippen molar-refractivity contribution >= 4 is 73.0 Å². The smallest absolute Gasteiger partial charge is 0.265 e. The molecule has 0 unspecified atom stereocenters. The van der Waals surface area contributed by atoms with Gasteiger partial charge in [-0.05, 0) is 29.6 Å². The molecule has 0 saturated carbocycles. The second kappa shape index (κ2) is 8.60. The van der Waals surface area contributed by atoms with E-state index >= 15 is 0 Å². The van der Waals surface area contributed by atoms with Crippen molar-refractivity contribution in [1.29, 1.82) is 0 Å². The fourth-order valence-electron chi connectivity index (χ4n) is 2.50. The van der Waals surface area contributed by atoms with E-state index in [0.29, 0.717) is 16.6 Å². The van der Waals surface area contributed by atoms with Gasteiger partial charge in [-0.25, -0.2) is 0 Å². The number of rotatable bonds is 6. The Morgan fingerprint density at radius 2 is 2.25 bits per heavy atom. The van der Waals surface area contributed by atoms with Crippen LogP contribution in [0.5, 0.6) is 5.75 Å². The number of benzene rings is 1. The number of thioether (sulfide) groups is 1. The van der Waals surface area contributed by atoms with Gasteiger partial charge in [-0.1, -0.05) is 45.1 Å². The third-order valence-electron chi connectivity index (χ3n) is 3.74. The Labute approximate surface area is 181 Å². The highest BCUT2D eigenvalue weighted by atomic mass is 79.9. The summed E-state index contributed by atoms with van der Waals surface area (Å²) in [5.41, 5.74) is 0.569. The molecule has 4 rings (SSSR count). The first-order valence-electron chi connectivity index (χ1n) is 8.10. The van der Waals surface area contributed by atoms with Crippen molar-refractivity contribution in [1.82, 2.24) is 10.2 Å². The summed E-state index contributed by atoms with van der Waals surface area (Å²) in [6.45, 7) is -0.215. The van der Waals surface area contributed by atoms with E-state index in [1.807, 2.05) is 11.4 Å². The molecule has 0 spiro atoms. The molecule has 0 atom stereocenters. The number of nitrogens with zero attached hydrogens (tertiary/aromatic N) is 3. The van der Waals surface area contributed by atoms with Crippen molar-refractivity contribution < 1.29 is 14.3 Å². The lowest BCUT2D eigenvalue weighted by molar-refractivity contribution is -0.123. The van der Waals surface area contributed by atoms with E-state index in [4.69, 9.17) is 4.74 Å². The van der Waals surface area contributed by atoms with Crippen molar-refractivity contribution in [2.75, 3.05) is 23.4 Å². The van der Waals surface area contributed by atoms with Crippen LogP contribution < -0.4 is 15.0 Å². The third kappa shape index (κ3) is 4.54. The van der Waals surface area contributed by atoms with Gasteiger partial charge in [0.2, 0.25) is 11.0 Å². The van der Waals surface area contributed by atoms with E-state index < -0.39 is 0 Å². The molecule has 0 fully saturated rings. The molecule has 1 aromatic carbocycles. The number of aromatic nitrogens is 2. The molecular formula is C17H13BrN4O3S3. The van der Waals surface area contributed by atoms with Crippen LogP contribution in [0.25, 0.3) is 0 Å². The standard InChI is InChI=1S/C17H13BrN4O3S3/c18-10-3-4-12-13(6-10)25-8-15(24)22(12)7-14(23)19-16-20-21-17(28-16)27-9-11-2-1-5-26-11/h1-6H,7-9H2,(H,19,20,23).